The van der Waals surface area contributed by atoms with Crippen LogP contribution < -0.4 is 4.90 Å². The normalized spacial score (nSPS) is 23.3. The monoisotopic (exact) mass is 247 g/mol. The Morgan fingerprint density at radius 2 is 2.11 bits per heavy atom. The van der Waals surface area contributed by atoms with E-state index in [1.165, 1.54) is 5.69 Å². The fourth-order valence-electron chi connectivity index (χ4n) is 2.66. The number of carbonyl (C=O) groups excluding carboxylic acids is 1. The van der Waals surface area contributed by atoms with Crippen LogP contribution in [0.15, 0.2) is 18.2 Å². The van der Waals surface area contributed by atoms with Crippen LogP contribution >= 0.6 is 0 Å². The number of morpholine rings is 1. The number of fused-ring (bicyclic) bond motifs is 1. The van der Waals surface area contributed by atoms with E-state index in [1.807, 2.05) is 12.1 Å². The fraction of sp³-hybridized carbons (Fsp3) is 0.500. The molecule has 1 aromatic carbocycles. The Morgan fingerprint density at radius 1 is 1.33 bits per heavy atom. The number of nitrogens with zero attached hydrogens (tertiary/aromatic N) is 1. The average Bonchev–Trinajstić information content (AvgIpc) is 2.76. The highest BCUT2D eigenvalue weighted by molar-refractivity contribution is 6.04. The number of carbonyl (C=O) groups is 1. The molecule has 1 saturated heterocycles. The molecule has 1 atom stereocenters. The third-order valence-corrected chi connectivity index (χ3v) is 3.71. The van der Waals surface area contributed by atoms with Crippen molar-refractivity contribution in [1.82, 2.24) is 0 Å². The molecule has 18 heavy (non-hydrogen) atoms. The molecule has 2 aliphatic rings. The van der Waals surface area contributed by atoms with Crippen molar-refractivity contribution in [2.24, 2.45) is 0 Å². The van der Waals surface area contributed by atoms with Crippen molar-refractivity contribution in [2.45, 2.75) is 12.5 Å². The lowest BCUT2D eigenvalue weighted by Crippen LogP contribution is -2.36. The molecule has 96 valence electrons. The van der Waals surface area contributed by atoms with Crippen LogP contribution in [0.5, 0.6) is 0 Å². The Balaban J connectivity index is 1.86. The van der Waals surface area contributed by atoms with Gasteiger partial charge in [0.15, 0.2) is 5.78 Å². The van der Waals surface area contributed by atoms with E-state index in [4.69, 9.17) is 9.47 Å². The molecule has 4 heteroatoms. The van der Waals surface area contributed by atoms with Gasteiger partial charge in [0.25, 0.3) is 0 Å². The van der Waals surface area contributed by atoms with Crippen LogP contribution in [0.3, 0.4) is 0 Å². The number of anilines is 1. The van der Waals surface area contributed by atoms with Crippen LogP contribution in [-0.2, 0) is 15.9 Å². The van der Waals surface area contributed by atoms with E-state index in [9.17, 15) is 4.79 Å². The fourth-order valence-corrected chi connectivity index (χ4v) is 2.66. The van der Waals surface area contributed by atoms with Crippen molar-refractivity contribution in [3.05, 3.63) is 29.3 Å². The van der Waals surface area contributed by atoms with Crippen LogP contribution in [0.25, 0.3) is 0 Å². The van der Waals surface area contributed by atoms with Gasteiger partial charge in [-0.05, 0) is 23.8 Å². The summed E-state index contributed by atoms with van der Waals surface area (Å²) in [5, 5.41) is 0. The first-order valence-corrected chi connectivity index (χ1v) is 6.32. The van der Waals surface area contributed by atoms with Gasteiger partial charge in [0.05, 0.1) is 13.2 Å². The second kappa shape index (κ2) is 4.71. The Morgan fingerprint density at radius 3 is 2.83 bits per heavy atom. The molecule has 0 amide bonds. The SMILES string of the molecule is COC1Cc2cc(N3CCOCC3)ccc2C1=O. The van der Waals surface area contributed by atoms with Gasteiger partial charge in [-0.1, -0.05) is 0 Å². The molecule has 3 rings (SSSR count). The van der Waals surface area contributed by atoms with Crippen LogP contribution in [0, 0.1) is 0 Å². The number of methoxy groups -OCH3 is 1. The third-order valence-electron chi connectivity index (χ3n) is 3.71. The first kappa shape index (κ1) is 11.7. The number of hydrogen-bond donors (Lipinski definition) is 0. The van der Waals surface area contributed by atoms with Crippen molar-refractivity contribution in [3.8, 4) is 0 Å². The first-order valence-electron chi connectivity index (χ1n) is 6.32. The van der Waals surface area contributed by atoms with Crippen molar-refractivity contribution < 1.29 is 14.3 Å². The zero-order valence-electron chi connectivity index (χ0n) is 10.5. The van der Waals surface area contributed by atoms with Gasteiger partial charge in [0.2, 0.25) is 0 Å². The Bertz CT molecular complexity index is 466. The highest BCUT2D eigenvalue weighted by Gasteiger charge is 2.30. The zero-order chi connectivity index (χ0) is 12.5. The highest BCUT2D eigenvalue weighted by Crippen LogP contribution is 2.28. The Hall–Kier alpha value is -1.39. The van der Waals surface area contributed by atoms with Gasteiger partial charge in [0.1, 0.15) is 6.10 Å². The number of Topliss-reactive ketones (excluding diaryl/α,β-unsaturated/α-hetero) is 1. The number of benzene rings is 1. The second-order valence-electron chi connectivity index (χ2n) is 4.73. The van der Waals surface area contributed by atoms with Crippen LogP contribution in [0.4, 0.5) is 5.69 Å². The molecule has 0 saturated carbocycles. The summed E-state index contributed by atoms with van der Waals surface area (Å²) < 4.78 is 10.6. The lowest BCUT2D eigenvalue weighted by molar-refractivity contribution is 0.0646. The van der Waals surface area contributed by atoms with Gasteiger partial charge in [0, 0.05) is 37.9 Å². The number of ketones is 1. The lowest BCUT2D eigenvalue weighted by atomic mass is 10.1. The zero-order valence-corrected chi connectivity index (χ0v) is 10.5. The average molecular weight is 247 g/mol. The molecule has 1 aromatic rings. The molecule has 0 bridgehead atoms. The highest BCUT2D eigenvalue weighted by atomic mass is 16.5. The van der Waals surface area contributed by atoms with Gasteiger partial charge in [-0.2, -0.15) is 0 Å². The topological polar surface area (TPSA) is 38.8 Å². The summed E-state index contributed by atoms with van der Waals surface area (Å²) in [5.74, 6) is 0.112. The van der Waals surface area contributed by atoms with E-state index in [0.29, 0.717) is 6.42 Å². The third kappa shape index (κ3) is 1.91. The number of hydrogen-bond acceptors (Lipinski definition) is 4. The Kier molecular flexibility index (Phi) is 3.06. The summed E-state index contributed by atoms with van der Waals surface area (Å²) in [6.07, 6.45) is 0.406. The molecule has 0 spiro atoms. The standard InChI is InChI=1S/C14H17NO3/c1-17-13-9-10-8-11(2-3-12(10)14(13)16)15-4-6-18-7-5-15/h2-3,8,13H,4-7,9H2,1H3. The van der Waals surface area contributed by atoms with Crippen LogP contribution in [-0.4, -0.2) is 45.3 Å². The van der Waals surface area contributed by atoms with Crippen molar-refractivity contribution in [1.29, 1.82) is 0 Å². The lowest BCUT2D eigenvalue weighted by Gasteiger charge is -2.29. The smallest absolute Gasteiger partial charge is 0.192 e. The van der Waals surface area contributed by atoms with Gasteiger partial charge in [-0.15, -0.1) is 0 Å². The van der Waals surface area contributed by atoms with Gasteiger partial charge >= 0.3 is 0 Å². The van der Waals surface area contributed by atoms with Gasteiger partial charge < -0.3 is 14.4 Å². The first-order chi connectivity index (χ1) is 8.79. The van der Waals surface area contributed by atoms with Crippen molar-refractivity contribution >= 4 is 11.5 Å². The van der Waals surface area contributed by atoms with Crippen LogP contribution in [0.2, 0.25) is 0 Å². The maximum atomic E-state index is 12.0. The molecule has 1 heterocycles. The molecule has 1 aliphatic heterocycles. The summed E-state index contributed by atoms with van der Waals surface area (Å²) >= 11 is 0. The number of rotatable bonds is 2. The van der Waals surface area contributed by atoms with Crippen LogP contribution in [0.1, 0.15) is 15.9 Å². The molecule has 0 aromatic heterocycles. The second-order valence-corrected chi connectivity index (χ2v) is 4.73. The molecule has 4 nitrogen and oxygen atoms in total. The molecule has 1 unspecified atom stereocenters. The van der Waals surface area contributed by atoms with Gasteiger partial charge in [-0.3, -0.25) is 4.79 Å². The van der Waals surface area contributed by atoms with E-state index in [2.05, 4.69) is 11.0 Å². The molecular formula is C14H17NO3. The summed E-state index contributed by atoms with van der Waals surface area (Å²) in [6, 6.07) is 6.08. The van der Waals surface area contributed by atoms with Crippen molar-refractivity contribution in [3.63, 3.8) is 0 Å². The predicted molar refractivity (Wildman–Crippen MR) is 68.3 cm³/mol. The largest absolute Gasteiger partial charge is 0.378 e. The minimum atomic E-state index is -0.292. The van der Waals surface area contributed by atoms with E-state index in [-0.39, 0.29) is 11.9 Å². The maximum absolute atomic E-state index is 12.0. The number of ether oxygens (including phenoxy) is 2. The molecule has 1 aliphatic carbocycles. The predicted octanol–water partition coefficient (Wildman–Crippen LogP) is 1.28. The minimum absolute atomic E-state index is 0.112. The van der Waals surface area contributed by atoms with E-state index in [1.54, 1.807) is 7.11 Å². The van der Waals surface area contributed by atoms with Gasteiger partial charge in [-0.25, -0.2) is 0 Å². The van der Waals surface area contributed by atoms with E-state index in [0.717, 1.165) is 37.4 Å². The quantitative estimate of drug-likeness (QED) is 0.789. The molecule has 0 N–H and O–H groups in total. The van der Waals surface area contributed by atoms with E-state index < -0.39 is 0 Å². The molecule has 1 fully saturated rings. The maximum Gasteiger partial charge on any atom is 0.192 e. The van der Waals surface area contributed by atoms with Crippen molar-refractivity contribution in [2.75, 3.05) is 38.3 Å². The molecular weight excluding hydrogens is 230 g/mol. The van der Waals surface area contributed by atoms with E-state index >= 15 is 0 Å². The molecule has 0 radical (unpaired) electrons. The minimum Gasteiger partial charge on any atom is -0.378 e. The summed E-state index contributed by atoms with van der Waals surface area (Å²) in [4.78, 5) is 14.3. The Labute approximate surface area is 106 Å². The summed E-state index contributed by atoms with van der Waals surface area (Å²) in [5.41, 5.74) is 3.11. The summed E-state index contributed by atoms with van der Waals surface area (Å²) in [6.45, 7) is 3.38. The summed E-state index contributed by atoms with van der Waals surface area (Å²) in [7, 11) is 1.59.